The first-order valence-corrected chi connectivity index (χ1v) is 14.3. The van der Waals surface area contributed by atoms with Crippen molar-refractivity contribution in [3.63, 3.8) is 0 Å². The van der Waals surface area contributed by atoms with Gasteiger partial charge in [-0.25, -0.2) is 15.0 Å². The van der Waals surface area contributed by atoms with Gasteiger partial charge in [0, 0.05) is 57.9 Å². The molecule has 3 aliphatic rings. The second-order valence-electron chi connectivity index (χ2n) is 10.6. The number of rotatable bonds is 5. The Labute approximate surface area is 222 Å². The molecule has 0 atom stereocenters. The van der Waals surface area contributed by atoms with Crippen molar-refractivity contribution in [2.24, 2.45) is 0 Å². The molecule has 9 nitrogen and oxygen atoms in total. The highest BCUT2D eigenvalue weighted by atomic mass is 32.1. The van der Waals surface area contributed by atoms with Crippen LogP contribution < -0.4 is 10.2 Å². The van der Waals surface area contributed by atoms with Gasteiger partial charge in [0.15, 0.2) is 0 Å². The number of thiophene rings is 1. The number of amides is 1. The van der Waals surface area contributed by atoms with Crippen LogP contribution in [0, 0.1) is 0 Å². The number of pyridine rings is 1. The molecule has 1 saturated carbocycles. The zero-order valence-corrected chi connectivity index (χ0v) is 22.6. The number of likely N-dealkylation sites (N-methyl/N-ethyl adjacent to an activating group) is 2. The van der Waals surface area contributed by atoms with E-state index in [0.717, 1.165) is 97.4 Å². The number of piperazine rings is 2. The van der Waals surface area contributed by atoms with Crippen molar-refractivity contribution in [1.82, 2.24) is 29.7 Å². The zero-order chi connectivity index (χ0) is 25.4. The lowest BCUT2D eigenvalue weighted by Gasteiger charge is -2.33. The molecule has 3 aromatic rings. The van der Waals surface area contributed by atoms with E-state index in [9.17, 15) is 4.79 Å². The molecule has 0 spiro atoms. The fourth-order valence-electron chi connectivity index (χ4n) is 5.70. The van der Waals surface area contributed by atoms with Crippen molar-refractivity contribution in [3.05, 3.63) is 35.0 Å². The van der Waals surface area contributed by atoms with Crippen molar-refractivity contribution in [3.8, 4) is 0 Å². The molecule has 1 aliphatic carbocycles. The van der Waals surface area contributed by atoms with Gasteiger partial charge in [0.25, 0.3) is 5.91 Å². The number of hydrogen-bond donors (Lipinski definition) is 1. The lowest BCUT2D eigenvalue weighted by molar-refractivity contribution is 0.0667. The van der Waals surface area contributed by atoms with Gasteiger partial charge < -0.3 is 24.9 Å². The summed E-state index contributed by atoms with van der Waals surface area (Å²) in [5.41, 5.74) is 3.22. The van der Waals surface area contributed by atoms with E-state index in [2.05, 4.69) is 50.1 Å². The highest BCUT2D eigenvalue weighted by molar-refractivity contribution is 7.21. The van der Waals surface area contributed by atoms with Crippen LogP contribution in [0.25, 0.3) is 10.2 Å². The summed E-state index contributed by atoms with van der Waals surface area (Å²) >= 11 is 1.56. The van der Waals surface area contributed by atoms with Crippen molar-refractivity contribution >= 4 is 44.9 Å². The van der Waals surface area contributed by atoms with Gasteiger partial charge in [-0.05, 0) is 45.0 Å². The number of carbonyl (C=O) groups is 1. The normalized spacial score (nSPS) is 20.2. The minimum atomic E-state index is 0.161. The number of aromatic nitrogens is 3. The first-order valence-electron chi connectivity index (χ1n) is 13.5. The van der Waals surface area contributed by atoms with Crippen LogP contribution in [-0.4, -0.2) is 102 Å². The smallest absolute Gasteiger partial charge is 0.264 e. The van der Waals surface area contributed by atoms with Gasteiger partial charge in [0.1, 0.15) is 5.82 Å². The van der Waals surface area contributed by atoms with E-state index < -0.39 is 0 Å². The SMILES string of the molecule is CN1CCN(C(=O)c2sc3cnc(Nc4ccc(N5CCN(C)CC5)cn4)nc3c2C2CCCC2)CC1. The minimum Gasteiger partial charge on any atom is -0.368 e. The molecule has 0 bridgehead atoms. The Morgan fingerprint density at radius 1 is 0.919 bits per heavy atom. The second-order valence-corrected chi connectivity index (χ2v) is 11.7. The molecule has 0 unspecified atom stereocenters. The fourth-order valence-corrected chi connectivity index (χ4v) is 6.87. The third-order valence-corrected chi connectivity index (χ3v) is 9.19. The number of hydrogen-bond acceptors (Lipinski definition) is 9. The Balaban J connectivity index is 1.25. The molecular weight excluding hydrogens is 484 g/mol. The summed E-state index contributed by atoms with van der Waals surface area (Å²) < 4.78 is 0.989. The van der Waals surface area contributed by atoms with Crippen LogP contribution in [-0.2, 0) is 0 Å². The molecule has 2 saturated heterocycles. The maximum absolute atomic E-state index is 13.6. The monoisotopic (exact) mass is 520 g/mol. The molecule has 3 aromatic heterocycles. The van der Waals surface area contributed by atoms with Gasteiger partial charge in [-0.3, -0.25) is 4.79 Å². The molecule has 3 fully saturated rings. The highest BCUT2D eigenvalue weighted by Crippen LogP contribution is 2.43. The molecule has 0 radical (unpaired) electrons. The van der Waals surface area contributed by atoms with Crippen molar-refractivity contribution in [2.75, 3.05) is 76.7 Å². The molecule has 37 heavy (non-hydrogen) atoms. The summed E-state index contributed by atoms with van der Waals surface area (Å²) in [6.07, 6.45) is 8.46. The van der Waals surface area contributed by atoms with Crippen LogP contribution in [0.2, 0.25) is 0 Å². The quantitative estimate of drug-likeness (QED) is 0.546. The van der Waals surface area contributed by atoms with Gasteiger partial charge >= 0.3 is 0 Å². The minimum absolute atomic E-state index is 0.161. The van der Waals surface area contributed by atoms with Crippen LogP contribution >= 0.6 is 11.3 Å². The van der Waals surface area contributed by atoms with Crippen molar-refractivity contribution < 1.29 is 4.79 Å². The maximum Gasteiger partial charge on any atom is 0.264 e. The van der Waals surface area contributed by atoms with Crippen molar-refractivity contribution in [1.29, 1.82) is 0 Å². The molecule has 0 aromatic carbocycles. The van der Waals surface area contributed by atoms with E-state index in [1.807, 2.05) is 23.4 Å². The van der Waals surface area contributed by atoms with E-state index in [-0.39, 0.29) is 5.91 Å². The first-order chi connectivity index (χ1) is 18.0. The number of fused-ring (bicyclic) bond motifs is 1. The average molecular weight is 521 g/mol. The lowest BCUT2D eigenvalue weighted by Crippen LogP contribution is -2.47. The van der Waals surface area contributed by atoms with Crippen LogP contribution in [0.3, 0.4) is 0 Å². The third-order valence-electron chi connectivity index (χ3n) is 8.07. The highest BCUT2D eigenvalue weighted by Gasteiger charge is 2.31. The van der Waals surface area contributed by atoms with Gasteiger partial charge in [-0.2, -0.15) is 0 Å². The summed E-state index contributed by atoms with van der Waals surface area (Å²) in [6, 6.07) is 4.11. The van der Waals surface area contributed by atoms with Gasteiger partial charge in [0.05, 0.1) is 33.2 Å². The van der Waals surface area contributed by atoms with Crippen LogP contribution in [0.4, 0.5) is 17.5 Å². The maximum atomic E-state index is 13.6. The van der Waals surface area contributed by atoms with Crippen LogP contribution in [0.5, 0.6) is 0 Å². The Bertz CT molecular complexity index is 1240. The molecule has 196 valence electrons. The Morgan fingerprint density at radius 2 is 1.62 bits per heavy atom. The Kier molecular flexibility index (Phi) is 6.96. The van der Waals surface area contributed by atoms with Gasteiger partial charge in [-0.15, -0.1) is 11.3 Å². The number of nitrogens with one attached hydrogen (secondary N) is 1. The summed E-state index contributed by atoms with van der Waals surface area (Å²) in [6.45, 7) is 7.57. The first kappa shape index (κ1) is 24.5. The summed E-state index contributed by atoms with van der Waals surface area (Å²) in [7, 11) is 4.28. The molecule has 2 aliphatic heterocycles. The molecular formula is C27H36N8OS. The van der Waals surface area contributed by atoms with Crippen molar-refractivity contribution in [2.45, 2.75) is 31.6 Å². The van der Waals surface area contributed by atoms with E-state index in [4.69, 9.17) is 4.98 Å². The predicted octanol–water partition coefficient (Wildman–Crippen LogP) is 3.63. The topological polar surface area (TPSA) is 80.7 Å². The standard InChI is InChI=1S/C27H36N8OS/c1-32-9-13-34(14-10-32)20-7-8-22(28-17-20)30-27-29-18-21-24(31-27)23(19-5-3-4-6-19)25(37-21)26(36)35-15-11-33(2)12-16-35/h7-8,17-19H,3-6,9-16H2,1-2H3,(H,28,29,30,31). The second kappa shape index (κ2) is 10.5. The summed E-state index contributed by atoms with van der Waals surface area (Å²) in [4.78, 5) is 37.7. The van der Waals surface area contributed by atoms with E-state index in [0.29, 0.717) is 11.9 Å². The molecule has 1 amide bonds. The van der Waals surface area contributed by atoms with Crippen LogP contribution in [0.15, 0.2) is 24.5 Å². The average Bonchev–Trinajstić information content (AvgIpc) is 3.57. The number of anilines is 3. The molecule has 1 N–H and O–H groups in total. The largest absolute Gasteiger partial charge is 0.368 e. The lowest BCUT2D eigenvalue weighted by atomic mass is 9.96. The third kappa shape index (κ3) is 5.15. The Morgan fingerprint density at radius 3 is 2.30 bits per heavy atom. The molecule has 10 heteroatoms. The predicted molar refractivity (Wildman–Crippen MR) is 149 cm³/mol. The zero-order valence-electron chi connectivity index (χ0n) is 21.8. The number of nitrogens with zero attached hydrogens (tertiary/aromatic N) is 7. The van der Waals surface area contributed by atoms with Gasteiger partial charge in [0.2, 0.25) is 5.95 Å². The van der Waals surface area contributed by atoms with Crippen LogP contribution in [0.1, 0.15) is 46.8 Å². The molecule has 5 heterocycles. The summed E-state index contributed by atoms with van der Waals surface area (Å²) in [5.74, 6) is 1.81. The van der Waals surface area contributed by atoms with E-state index >= 15 is 0 Å². The van der Waals surface area contributed by atoms with E-state index in [1.54, 1.807) is 11.3 Å². The fraction of sp³-hybridized carbons (Fsp3) is 0.556. The number of carbonyl (C=O) groups excluding carboxylic acids is 1. The molecule has 6 rings (SSSR count). The summed E-state index contributed by atoms with van der Waals surface area (Å²) in [5, 5.41) is 3.30. The Hall–Kier alpha value is -2.82. The van der Waals surface area contributed by atoms with E-state index in [1.165, 1.54) is 12.8 Å². The van der Waals surface area contributed by atoms with Gasteiger partial charge in [-0.1, -0.05) is 12.8 Å².